The zero-order valence-electron chi connectivity index (χ0n) is 13.8. The molecule has 1 N–H and O–H groups in total. The van der Waals surface area contributed by atoms with E-state index in [-0.39, 0.29) is 11.9 Å². The van der Waals surface area contributed by atoms with E-state index in [0.29, 0.717) is 19.1 Å². The normalized spacial score (nSPS) is 18.0. The molecule has 0 aromatic rings. The van der Waals surface area contributed by atoms with Gasteiger partial charge in [0.15, 0.2) is 0 Å². The number of hydrogen-bond acceptors (Lipinski definition) is 3. The van der Waals surface area contributed by atoms with Gasteiger partial charge < -0.3 is 10.0 Å². The van der Waals surface area contributed by atoms with Gasteiger partial charge in [0.1, 0.15) is 0 Å². The van der Waals surface area contributed by atoms with E-state index in [1.807, 2.05) is 16.8 Å². The summed E-state index contributed by atoms with van der Waals surface area (Å²) in [7, 11) is 1.82. The summed E-state index contributed by atoms with van der Waals surface area (Å²) in [5.74, 6) is -1.15. The molecule has 1 rings (SSSR count). The van der Waals surface area contributed by atoms with Gasteiger partial charge in [0, 0.05) is 18.6 Å². The molecule has 0 saturated heterocycles. The minimum atomic E-state index is -0.817. The van der Waals surface area contributed by atoms with Crippen molar-refractivity contribution in [2.75, 3.05) is 20.1 Å². The Kier molecular flexibility index (Phi) is 7.15. The summed E-state index contributed by atoms with van der Waals surface area (Å²) in [6, 6.07) is 0.558. The summed E-state index contributed by atoms with van der Waals surface area (Å²) >= 11 is 0. The molecule has 122 valence electrons. The largest absolute Gasteiger partial charge is 0.481 e. The molecule has 0 bridgehead atoms. The summed E-state index contributed by atoms with van der Waals surface area (Å²) < 4.78 is 0. The smallest absolute Gasteiger partial charge is 0.307 e. The van der Waals surface area contributed by atoms with Crippen molar-refractivity contribution in [2.45, 2.75) is 65.0 Å². The van der Waals surface area contributed by atoms with Crippen LogP contribution in [0.3, 0.4) is 0 Å². The Morgan fingerprint density at radius 2 is 1.71 bits per heavy atom. The van der Waals surface area contributed by atoms with Crippen LogP contribution < -0.4 is 0 Å². The van der Waals surface area contributed by atoms with Gasteiger partial charge in [-0.1, -0.05) is 26.2 Å². The van der Waals surface area contributed by atoms with E-state index in [9.17, 15) is 9.59 Å². The molecular weight excluding hydrogens is 268 g/mol. The maximum Gasteiger partial charge on any atom is 0.307 e. The number of carboxylic acids is 1. The predicted molar refractivity (Wildman–Crippen MR) is 83.2 cm³/mol. The van der Waals surface area contributed by atoms with E-state index in [0.717, 1.165) is 12.8 Å². The lowest BCUT2D eigenvalue weighted by molar-refractivity contribution is -0.143. The number of hydrogen-bond donors (Lipinski definition) is 1. The van der Waals surface area contributed by atoms with E-state index < -0.39 is 11.9 Å². The zero-order chi connectivity index (χ0) is 16.0. The minimum absolute atomic E-state index is 0.122. The topological polar surface area (TPSA) is 60.9 Å². The Labute approximate surface area is 128 Å². The zero-order valence-corrected chi connectivity index (χ0v) is 13.8. The number of likely N-dealkylation sites (N-methyl/N-ethyl adjacent to an activating group) is 1. The molecule has 0 aliphatic heterocycles. The summed E-state index contributed by atoms with van der Waals surface area (Å²) in [5.41, 5.74) is 0. The molecule has 1 aliphatic carbocycles. The van der Waals surface area contributed by atoms with Crippen LogP contribution in [0.5, 0.6) is 0 Å². The fourth-order valence-electron chi connectivity index (χ4n) is 3.20. The molecule has 0 radical (unpaired) electrons. The van der Waals surface area contributed by atoms with Crippen molar-refractivity contribution in [1.82, 2.24) is 9.80 Å². The molecule has 21 heavy (non-hydrogen) atoms. The number of rotatable bonds is 7. The molecule has 1 unspecified atom stereocenters. The number of amides is 1. The minimum Gasteiger partial charge on any atom is -0.481 e. The van der Waals surface area contributed by atoms with Gasteiger partial charge in [-0.3, -0.25) is 14.5 Å². The average molecular weight is 298 g/mol. The van der Waals surface area contributed by atoms with E-state index in [1.54, 1.807) is 6.92 Å². The predicted octanol–water partition coefficient (Wildman–Crippen LogP) is 2.21. The quantitative estimate of drug-likeness (QED) is 0.783. The first-order valence-corrected chi connectivity index (χ1v) is 8.05. The van der Waals surface area contributed by atoms with Crippen LogP contribution in [0.2, 0.25) is 0 Å². The maximum atomic E-state index is 12.6. The summed E-state index contributed by atoms with van der Waals surface area (Å²) in [5, 5.41) is 8.94. The van der Waals surface area contributed by atoms with Crippen molar-refractivity contribution in [3.63, 3.8) is 0 Å². The molecule has 1 amide bonds. The van der Waals surface area contributed by atoms with Gasteiger partial charge >= 0.3 is 5.97 Å². The highest BCUT2D eigenvalue weighted by atomic mass is 16.4. The van der Waals surface area contributed by atoms with E-state index in [1.165, 1.54) is 19.3 Å². The molecule has 1 saturated carbocycles. The van der Waals surface area contributed by atoms with Gasteiger partial charge in [-0.05, 0) is 33.7 Å². The first-order chi connectivity index (χ1) is 9.82. The summed E-state index contributed by atoms with van der Waals surface area (Å²) in [4.78, 5) is 27.3. The van der Waals surface area contributed by atoms with Gasteiger partial charge in [-0.15, -0.1) is 0 Å². The fraction of sp³-hybridized carbons (Fsp3) is 0.875. The number of carboxylic acid groups (broad SMARTS) is 1. The molecule has 5 nitrogen and oxygen atoms in total. The van der Waals surface area contributed by atoms with Gasteiger partial charge in [0.2, 0.25) is 5.91 Å². The van der Waals surface area contributed by atoms with Crippen LogP contribution in [0.15, 0.2) is 0 Å². The highest BCUT2D eigenvalue weighted by molar-refractivity contribution is 5.79. The van der Waals surface area contributed by atoms with Gasteiger partial charge in [-0.2, -0.15) is 0 Å². The lowest BCUT2D eigenvalue weighted by Crippen LogP contribution is -2.49. The first kappa shape index (κ1) is 18.0. The molecule has 1 fully saturated rings. The van der Waals surface area contributed by atoms with Gasteiger partial charge in [-0.25, -0.2) is 0 Å². The number of nitrogens with zero attached hydrogens (tertiary/aromatic N) is 2. The third-order valence-corrected chi connectivity index (χ3v) is 4.22. The van der Waals surface area contributed by atoms with Crippen molar-refractivity contribution in [2.24, 2.45) is 5.92 Å². The van der Waals surface area contributed by atoms with E-state index in [4.69, 9.17) is 5.11 Å². The van der Waals surface area contributed by atoms with Gasteiger partial charge in [0.25, 0.3) is 0 Å². The average Bonchev–Trinajstić information content (AvgIpc) is 2.39. The van der Waals surface area contributed by atoms with Crippen LogP contribution in [0, 0.1) is 5.92 Å². The number of aliphatic carboxylic acids is 1. The Balaban J connectivity index is 2.58. The second-order valence-corrected chi connectivity index (χ2v) is 6.62. The SMILES string of the molecule is CC(CN(C)CC(=O)N(C(C)C)C1CCCCC1)C(=O)O. The standard InChI is InChI=1S/C16H30N2O3/c1-12(2)18(14-8-6-5-7-9-14)15(19)11-17(4)10-13(3)16(20)21/h12-14H,5-11H2,1-4H3,(H,20,21). The molecule has 0 aromatic carbocycles. The monoisotopic (exact) mass is 298 g/mol. The molecule has 0 spiro atoms. The number of carbonyl (C=O) groups is 2. The second kappa shape index (κ2) is 8.37. The van der Waals surface area contributed by atoms with Crippen LogP contribution in [0.1, 0.15) is 52.9 Å². The molecule has 5 heteroatoms. The van der Waals surface area contributed by atoms with Crippen molar-refractivity contribution >= 4 is 11.9 Å². The number of carbonyl (C=O) groups excluding carboxylic acids is 1. The molecular formula is C16H30N2O3. The Morgan fingerprint density at radius 3 is 2.19 bits per heavy atom. The maximum absolute atomic E-state index is 12.6. The summed E-state index contributed by atoms with van der Waals surface area (Å²) in [6.45, 7) is 6.49. The van der Waals surface area contributed by atoms with E-state index in [2.05, 4.69) is 13.8 Å². The van der Waals surface area contributed by atoms with Crippen molar-refractivity contribution in [3.05, 3.63) is 0 Å². The Morgan fingerprint density at radius 1 is 1.14 bits per heavy atom. The first-order valence-electron chi connectivity index (χ1n) is 8.05. The molecule has 1 atom stereocenters. The molecule has 1 aliphatic rings. The fourth-order valence-corrected chi connectivity index (χ4v) is 3.20. The van der Waals surface area contributed by atoms with Crippen molar-refractivity contribution in [3.8, 4) is 0 Å². The van der Waals surface area contributed by atoms with Crippen LogP contribution >= 0.6 is 0 Å². The van der Waals surface area contributed by atoms with Gasteiger partial charge in [0.05, 0.1) is 12.5 Å². The van der Waals surface area contributed by atoms with Crippen LogP contribution in [0.25, 0.3) is 0 Å². The second-order valence-electron chi connectivity index (χ2n) is 6.62. The third-order valence-electron chi connectivity index (χ3n) is 4.22. The lowest BCUT2D eigenvalue weighted by Gasteiger charge is -2.38. The Bertz CT molecular complexity index is 351. The molecule has 0 aromatic heterocycles. The van der Waals surface area contributed by atoms with Crippen LogP contribution in [-0.4, -0.2) is 59.0 Å². The highest BCUT2D eigenvalue weighted by Gasteiger charge is 2.28. The highest BCUT2D eigenvalue weighted by Crippen LogP contribution is 2.24. The molecule has 0 heterocycles. The van der Waals surface area contributed by atoms with Crippen LogP contribution in [-0.2, 0) is 9.59 Å². The third kappa shape index (κ3) is 5.65. The summed E-state index contributed by atoms with van der Waals surface area (Å²) in [6.07, 6.45) is 5.87. The van der Waals surface area contributed by atoms with Crippen LogP contribution in [0.4, 0.5) is 0 Å². The van der Waals surface area contributed by atoms with Crippen molar-refractivity contribution in [1.29, 1.82) is 0 Å². The Hall–Kier alpha value is -1.10. The lowest BCUT2D eigenvalue weighted by atomic mass is 9.93. The van der Waals surface area contributed by atoms with E-state index >= 15 is 0 Å². The van der Waals surface area contributed by atoms with Crippen molar-refractivity contribution < 1.29 is 14.7 Å².